The quantitative estimate of drug-likeness (QED) is 0.921. The molecule has 1 aromatic carbocycles. The lowest BCUT2D eigenvalue weighted by Gasteiger charge is -2.33. The molecule has 1 fully saturated rings. The van der Waals surface area contributed by atoms with Crippen LogP contribution in [0.4, 0.5) is 0 Å². The second-order valence-corrected chi connectivity index (χ2v) is 5.86. The van der Waals surface area contributed by atoms with Crippen LogP contribution in [0.1, 0.15) is 46.2 Å². The molecule has 1 aliphatic rings. The van der Waals surface area contributed by atoms with E-state index in [0.29, 0.717) is 11.7 Å². The fourth-order valence-corrected chi connectivity index (χ4v) is 3.13. The summed E-state index contributed by atoms with van der Waals surface area (Å²) in [6, 6.07) is 8.48. The third kappa shape index (κ3) is 2.84. The van der Waals surface area contributed by atoms with Crippen molar-refractivity contribution in [3.63, 3.8) is 0 Å². The van der Waals surface area contributed by atoms with Gasteiger partial charge in [0, 0.05) is 30.9 Å². The number of H-pyrrole nitrogens is 1. The molecular weight excluding hydrogens is 262 g/mol. The van der Waals surface area contributed by atoms with Crippen molar-refractivity contribution in [2.75, 3.05) is 13.1 Å². The van der Waals surface area contributed by atoms with E-state index in [1.54, 1.807) is 6.20 Å². The van der Waals surface area contributed by atoms with Gasteiger partial charge in [-0.1, -0.05) is 24.3 Å². The Morgan fingerprint density at radius 1 is 1.33 bits per heavy atom. The van der Waals surface area contributed by atoms with Crippen LogP contribution in [0.25, 0.3) is 0 Å². The molecule has 1 saturated heterocycles. The number of hydrogen-bond donors (Lipinski definition) is 1. The second kappa shape index (κ2) is 5.72. The van der Waals surface area contributed by atoms with Gasteiger partial charge in [0.15, 0.2) is 5.82 Å². The number of hydrogen-bond acceptors (Lipinski definition) is 2. The van der Waals surface area contributed by atoms with Crippen LogP contribution in [-0.2, 0) is 0 Å². The first-order chi connectivity index (χ1) is 10.1. The molecule has 4 nitrogen and oxygen atoms in total. The number of aromatic nitrogens is 2. The molecule has 1 N–H and O–H groups in total. The maximum Gasteiger partial charge on any atom is 0.289 e. The highest BCUT2D eigenvalue weighted by Crippen LogP contribution is 2.29. The zero-order valence-electron chi connectivity index (χ0n) is 12.6. The van der Waals surface area contributed by atoms with Crippen molar-refractivity contribution in [2.45, 2.75) is 32.6 Å². The highest BCUT2D eigenvalue weighted by molar-refractivity contribution is 5.90. The molecule has 1 atom stereocenters. The molecule has 0 spiro atoms. The standard InChI is InChI=1S/C17H21N3O/c1-12-6-3-4-8-15(12)14-7-5-9-20(11-14)17(21)16-18-10-13(2)19-16/h3-4,6,8,10,14H,5,7,9,11H2,1-2H3,(H,18,19). The number of rotatable bonds is 2. The number of carbonyl (C=O) groups excluding carboxylic acids is 1. The summed E-state index contributed by atoms with van der Waals surface area (Å²) in [5.74, 6) is 0.902. The predicted molar refractivity (Wildman–Crippen MR) is 82.4 cm³/mol. The third-order valence-corrected chi connectivity index (χ3v) is 4.24. The summed E-state index contributed by atoms with van der Waals surface area (Å²) in [5.41, 5.74) is 3.60. The van der Waals surface area contributed by atoms with Gasteiger partial charge in [-0.05, 0) is 37.8 Å². The fourth-order valence-electron chi connectivity index (χ4n) is 3.13. The van der Waals surface area contributed by atoms with E-state index >= 15 is 0 Å². The van der Waals surface area contributed by atoms with Gasteiger partial charge in [-0.2, -0.15) is 0 Å². The lowest BCUT2D eigenvalue weighted by Crippen LogP contribution is -2.39. The molecule has 110 valence electrons. The molecule has 21 heavy (non-hydrogen) atoms. The predicted octanol–water partition coefficient (Wildman–Crippen LogP) is 3.05. The fraction of sp³-hybridized carbons (Fsp3) is 0.412. The lowest BCUT2D eigenvalue weighted by molar-refractivity contribution is 0.0695. The number of carbonyl (C=O) groups is 1. The average Bonchev–Trinajstić information content (AvgIpc) is 2.94. The lowest BCUT2D eigenvalue weighted by atomic mass is 9.88. The summed E-state index contributed by atoms with van der Waals surface area (Å²) < 4.78 is 0. The van der Waals surface area contributed by atoms with Crippen LogP contribution in [0.5, 0.6) is 0 Å². The van der Waals surface area contributed by atoms with Crippen LogP contribution in [0, 0.1) is 13.8 Å². The molecule has 0 radical (unpaired) electrons. The van der Waals surface area contributed by atoms with Gasteiger partial charge >= 0.3 is 0 Å². The number of amides is 1. The molecule has 4 heteroatoms. The molecule has 1 aliphatic heterocycles. The Hall–Kier alpha value is -2.10. The number of aromatic amines is 1. The van der Waals surface area contributed by atoms with Gasteiger partial charge in [0.1, 0.15) is 0 Å². The van der Waals surface area contributed by atoms with Crippen molar-refractivity contribution in [1.29, 1.82) is 0 Å². The summed E-state index contributed by atoms with van der Waals surface area (Å²) in [6.07, 6.45) is 3.90. The first-order valence-electron chi connectivity index (χ1n) is 7.51. The highest BCUT2D eigenvalue weighted by atomic mass is 16.2. The van der Waals surface area contributed by atoms with Crippen LogP contribution < -0.4 is 0 Å². The van der Waals surface area contributed by atoms with Crippen molar-refractivity contribution in [3.8, 4) is 0 Å². The SMILES string of the molecule is Cc1cnc(C(=O)N2CCCC(c3ccccc3C)C2)[nH]1. The first-order valence-corrected chi connectivity index (χ1v) is 7.51. The van der Waals surface area contributed by atoms with E-state index in [4.69, 9.17) is 0 Å². The van der Waals surface area contributed by atoms with Gasteiger partial charge in [0.05, 0.1) is 0 Å². The van der Waals surface area contributed by atoms with E-state index in [1.807, 2.05) is 11.8 Å². The van der Waals surface area contributed by atoms with Crippen molar-refractivity contribution < 1.29 is 4.79 Å². The summed E-state index contributed by atoms with van der Waals surface area (Å²) in [4.78, 5) is 21.6. The molecule has 0 aliphatic carbocycles. The van der Waals surface area contributed by atoms with Crippen LogP contribution in [0.3, 0.4) is 0 Å². The minimum absolute atomic E-state index is 0.0152. The van der Waals surface area contributed by atoms with Crippen molar-refractivity contribution in [1.82, 2.24) is 14.9 Å². The van der Waals surface area contributed by atoms with Gasteiger partial charge in [-0.15, -0.1) is 0 Å². The van der Waals surface area contributed by atoms with Gasteiger partial charge in [-0.3, -0.25) is 4.79 Å². The van der Waals surface area contributed by atoms with Gasteiger partial charge < -0.3 is 9.88 Å². The Balaban J connectivity index is 1.77. The van der Waals surface area contributed by atoms with E-state index in [2.05, 4.69) is 41.2 Å². The topological polar surface area (TPSA) is 49.0 Å². The number of nitrogens with zero attached hydrogens (tertiary/aromatic N) is 2. The molecule has 0 bridgehead atoms. The second-order valence-electron chi connectivity index (χ2n) is 5.86. The van der Waals surface area contributed by atoms with Gasteiger partial charge in [-0.25, -0.2) is 4.98 Å². The monoisotopic (exact) mass is 283 g/mol. The molecule has 1 unspecified atom stereocenters. The summed E-state index contributed by atoms with van der Waals surface area (Å²) in [6.45, 7) is 5.66. The summed E-state index contributed by atoms with van der Waals surface area (Å²) in [5, 5.41) is 0. The number of nitrogens with one attached hydrogen (secondary N) is 1. The van der Waals surface area contributed by atoms with Crippen LogP contribution in [0.15, 0.2) is 30.5 Å². The molecule has 1 aromatic heterocycles. The van der Waals surface area contributed by atoms with E-state index in [-0.39, 0.29) is 5.91 Å². The molecule has 0 saturated carbocycles. The van der Waals surface area contributed by atoms with E-state index in [9.17, 15) is 4.79 Å². The maximum absolute atomic E-state index is 12.5. The molecule has 1 amide bonds. The minimum Gasteiger partial charge on any atom is -0.338 e. The number of aryl methyl sites for hydroxylation is 2. The number of likely N-dealkylation sites (tertiary alicyclic amines) is 1. The van der Waals surface area contributed by atoms with E-state index in [0.717, 1.165) is 31.6 Å². The maximum atomic E-state index is 12.5. The largest absolute Gasteiger partial charge is 0.338 e. The zero-order valence-corrected chi connectivity index (χ0v) is 12.6. The smallest absolute Gasteiger partial charge is 0.289 e. The molecule has 3 rings (SSSR count). The molecule has 2 aromatic rings. The number of imidazole rings is 1. The first kappa shape index (κ1) is 13.9. The summed E-state index contributed by atoms with van der Waals surface area (Å²) in [7, 11) is 0. The highest BCUT2D eigenvalue weighted by Gasteiger charge is 2.27. The number of benzene rings is 1. The van der Waals surface area contributed by atoms with Crippen molar-refractivity contribution in [2.24, 2.45) is 0 Å². The van der Waals surface area contributed by atoms with Crippen LogP contribution in [-0.4, -0.2) is 33.9 Å². The normalized spacial score (nSPS) is 18.8. The van der Waals surface area contributed by atoms with Gasteiger partial charge in [0.25, 0.3) is 5.91 Å². The summed E-state index contributed by atoms with van der Waals surface area (Å²) >= 11 is 0. The van der Waals surface area contributed by atoms with E-state index < -0.39 is 0 Å². The van der Waals surface area contributed by atoms with Crippen LogP contribution in [0.2, 0.25) is 0 Å². The van der Waals surface area contributed by atoms with Crippen molar-refractivity contribution >= 4 is 5.91 Å². The molecular formula is C17H21N3O. The Labute approximate surface area is 125 Å². The zero-order chi connectivity index (χ0) is 14.8. The Morgan fingerprint density at radius 3 is 2.86 bits per heavy atom. The van der Waals surface area contributed by atoms with E-state index in [1.165, 1.54) is 11.1 Å². The van der Waals surface area contributed by atoms with Gasteiger partial charge in [0.2, 0.25) is 0 Å². The Morgan fingerprint density at radius 2 is 2.14 bits per heavy atom. The third-order valence-electron chi connectivity index (χ3n) is 4.24. The minimum atomic E-state index is 0.0152. The number of piperidine rings is 1. The van der Waals surface area contributed by atoms with Crippen LogP contribution >= 0.6 is 0 Å². The Bertz CT molecular complexity index is 647. The average molecular weight is 283 g/mol. The Kier molecular flexibility index (Phi) is 3.78. The van der Waals surface area contributed by atoms with Crippen molar-refractivity contribution in [3.05, 3.63) is 53.1 Å². The molecule has 2 heterocycles.